The molecule has 1 saturated heterocycles. The molecular formula is C23H24N4O3S. The highest BCUT2D eigenvalue weighted by Crippen LogP contribution is 2.27. The molecule has 0 unspecified atom stereocenters. The Kier molecular flexibility index (Phi) is 5.90. The number of amides is 1. The third kappa shape index (κ3) is 4.86. The lowest BCUT2D eigenvalue weighted by molar-refractivity contribution is 0.102. The van der Waals surface area contributed by atoms with Crippen molar-refractivity contribution >= 4 is 33.1 Å². The molecule has 160 valence electrons. The molecule has 0 spiro atoms. The molecule has 0 radical (unpaired) electrons. The summed E-state index contributed by atoms with van der Waals surface area (Å²) >= 11 is 0. The first-order valence-electron chi connectivity index (χ1n) is 10.1. The highest BCUT2D eigenvalue weighted by Gasteiger charge is 2.20. The van der Waals surface area contributed by atoms with Gasteiger partial charge in [-0.15, -0.1) is 0 Å². The maximum Gasteiger partial charge on any atom is 0.261 e. The zero-order chi connectivity index (χ0) is 21.8. The number of sulfonamides is 1. The fourth-order valence-electron chi connectivity index (χ4n) is 3.51. The maximum absolute atomic E-state index is 12.9. The van der Waals surface area contributed by atoms with Gasteiger partial charge < -0.3 is 10.2 Å². The van der Waals surface area contributed by atoms with Gasteiger partial charge in [-0.1, -0.05) is 23.8 Å². The first-order valence-corrected chi connectivity index (χ1v) is 11.6. The van der Waals surface area contributed by atoms with Gasteiger partial charge in [0.25, 0.3) is 15.9 Å². The minimum absolute atomic E-state index is 0.0201. The number of carbonyl (C=O) groups excluding carboxylic acids is 1. The summed E-state index contributed by atoms with van der Waals surface area (Å²) in [5.41, 5.74) is 2.36. The van der Waals surface area contributed by atoms with Gasteiger partial charge in [-0.2, -0.15) is 0 Å². The standard InChI is InChI=1S/C23H24N4O3S/c1-17-9-11-19(12-10-17)26-31(29,30)20-7-4-6-18(16-20)23(28)25-21-8-5-13-24-22(21)27-14-2-3-15-27/h4-13,16,26H,2-3,14-15H2,1H3,(H,25,28). The molecule has 0 saturated carbocycles. The van der Waals surface area contributed by atoms with Crippen molar-refractivity contribution in [3.8, 4) is 0 Å². The number of nitrogens with zero attached hydrogens (tertiary/aromatic N) is 2. The summed E-state index contributed by atoms with van der Waals surface area (Å²) in [5.74, 6) is 0.346. The predicted molar refractivity (Wildman–Crippen MR) is 122 cm³/mol. The molecule has 1 aliphatic rings. The number of benzene rings is 2. The predicted octanol–water partition coefficient (Wildman–Crippen LogP) is 4.04. The summed E-state index contributed by atoms with van der Waals surface area (Å²) in [7, 11) is -3.83. The lowest BCUT2D eigenvalue weighted by Gasteiger charge is -2.20. The second-order valence-electron chi connectivity index (χ2n) is 7.52. The molecule has 0 aliphatic carbocycles. The summed E-state index contributed by atoms with van der Waals surface area (Å²) in [6, 6.07) is 16.6. The van der Waals surface area contributed by atoms with Crippen LogP contribution in [0.25, 0.3) is 0 Å². The highest BCUT2D eigenvalue weighted by molar-refractivity contribution is 7.92. The van der Waals surface area contributed by atoms with Crippen molar-refractivity contribution in [3.63, 3.8) is 0 Å². The van der Waals surface area contributed by atoms with Gasteiger partial charge in [0.1, 0.15) is 0 Å². The summed E-state index contributed by atoms with van der Waals surface area (Å²) in [5, 5.41) is 2.88. The van der Waals surface area contributed by atoms with Crippen molar-refractivity contribution in [2.45, 2.75) is 24.7 Å². The van der Waals surface area contributed by atoms with Crippen LogP contribution in [0.4, 0.5) is 17.2 Å². The molecule has 31 heavy (non-hydrogen) atoms. The van der Waals surface area contributed by atoms with Crippen LogP contribution in [0.5, 0.6) is 0 Å². The number of hydrogen-bond acceptors (Lipinski definition) is 5. The third-order valence-electron chi connectivity index (χ3n) is 5.15. The summed E-state index contributed by atoms with van der Waals surface area (Å²) in [6.07, 6.45) is 3.89. The van der Waals surface area contributed by atoms with E-state index in [-0.39, 0.29) is 16.4 Å². The number of pyridine rings is 1. The molecule has 7 nitrogen and oxygen atoms in total. The maximum atomic E-state index is 12.9. The SMILES string of the molecule is Cc1ccc(NS(=O)(=O)c2cccc(C(=O)Nc3cccnc3N3CCCC3)c2)cc1. The first kappa shape index (κ1) is 20.9. The number of aromatic nitrogens is 1. The molecule has 8 heteroatoms. The van der Waals surface area contributed by atoms with Crippen LogP contribution in [0.2, 0.25) is 0 Å². The van der Waals surface area contributed by atoms with E-state index in [1.165, 1.54) is 12.1 Å². The van der Waals surface area contributed by atoms with Crippen molar-refractivity contribution in [1.82, 2.24) is 4.98 Å². The van der Waals surface area contributed by atoms with Crippen LogP contribution in [-0.2, 0) is 10.0 Å². The lowest BCUT2D eigenvalue weighted by atomic mass is 10.2. The van der Waals surface area contributed by atoms with E-state index in [4.69, 9.17) is 0 Å². The Morgan fingerprint density at radius 3 is 2.48 bits per heavy atom. The van der Waals surface area contributed by atoms with Gasteiger partial charge >= 0.3 is 0 Å². The Hall–Kier alpha value is -3.39. The summed E-state index contributed by atoms with van der Waals surface area (Å²) in [4.78, 5) is 19.5. The van der Waals surface area contributed by atoms with E-state index in [1.54, 1.807) is 42.6 Å². The van der Waals surface area contributed by atoms with E-state index in [0.717, 1.165) is 37.3 Å². The molecule has 4 rings (SSSR count). The van der Waals surface area contributed by atoms with Crippen LogP contribution < -0.4 is 14.9 Å². The Morgan fingerprint density at radius 1 is 1.00 bits per heavy atom. The molecule has 2 aromatic carbocycles. The average Bonchev–Trinajstić information content (AvgIpc) is 3.30. The van der Waals surface area contributed by atoms with E-state index >= 15 is 0 Å². The smallest absolute Gasteiger partial charge is 0.261 e. The van der Waals surface area contributed by atoms with Gasteiger partial charge in [0.2, 0.25) is 0 Å². The minimum Gasteiger partial charge on any atom is -0.355 e. The van der Waals surface area contributed by atoms with Crippen LogP contribution in [0.1, 0.15) is 28.8 Å². The van der Waals surface area contributed by atoms with E-state index in [0.29, 0.717) is 11.4 Å². The van der Waals surface area contributed by atoms with Gasteiger partial charge in [0, 0.05) is 30.5 Å². The Morgan fingerprint density at radius 2 is 1.74 bits per heavy atom. The molecule has 2 heterocycles. The molecule has 1 aromatic heterocycles. The number of rotatable bonds is 6. The Labute approximate surface area is 182 Å². The van der Waals surface area contributed by atoms with Crippen LogP contribution in [0, 0.1) is 6.92 Å². The number of anilines is 3. The van der Waals surface area contributed by atoms with Crippen LogP contribution in [-0.4, -0.2) is 32.4 Å². The molecule has 1 amide bonds. The van der Waals surface area contributed by atoms with E-state index in [1.807, 2.05) is 19.1 Å². The first-order chi connectivity index (χ1) is 14.9. The fraction of sp³-hybridized carbons (Fsp3) is 0.217. The number of hydrogen-bond donors (Lipinski definition) is 2. The highest BCUT2D eigenvalue weighted by atomic mass is 32.2. The average molecular weight is 437 g/mol. The zero-order valence-corrected chi connectivity index (χ0v) is 18.0. The van der Waals surface area contributed by atoms with Gasteiger partial charge in [0.05, 0.1) is 10.6 Å². The zero-order valence-electron chi connectivity index (χ0n) is 17.2. The van der Waals surface area contributed by atoms with Gasteiger partial charge in [-0.05, 0) is 62.2 Å². The van der Waals surface area contributed by atoms with Crippen molar-refractivity contribution in [3.05, 3.63) is 78.0 Å². The quantitative estimate of drug-likeness (QED) is 0.608. The van der Waals surface area contributed by atoms with Gasteiger partial charge in [-0.25, -0.2) is 13.4 Å². The minimum atomic E-state index is -3.83. The Bertz CT molecular complexity index is 1190. The fourth-order valence-corrected chi connectivity index (χ4v) is 4.61. The van der Waals surface area contributed by atoms with Gasteiger partial charge in [-0.3, -0.25) is 9.52 Å². The van der Waals surface area contributed by atoms with Crippen molar-refractivity contribution < 1.29 is 13.2 Å². The number of nitrogens with one attached hydrogen (secondary N) is 2. The van der Waals surface area contributed by atoms with E-state index < -0.39 is 10.0 Å². The van der Waals surface area contributed by atoms with Gasteiger partial charge in [0.15, 0.2) is 5.82 Å². The van der Waals surface area contributed by atoms with Crippen molar-refractivity contribution in [1.29, 1.82) is 0 Å². The number of carbonyl (C=O) groups is 1. The topological polar surface area (TPSA) is 91.4 Å². The van der Waals surface area contributed by atoms with Crippen molar-refractivity contribution in [2.75, 3.05) is 28.0 Å². The monoisotopic (exact) mass is 436 g/mol. The molecule has 1 aliphatic heterocycles. The third-order valence-corrected chi connectivity index (χ3v) is 6.53. The van der Waals surface area contributed by atoms with Crippen molar-refractivity contribution in [2.24, 2.45) is 0 Å². The summed E-state index contributed by atoms with van der Waals surface area (Å²) < 4.78 is 28.1. The largest absolute Gasteiger partial charge is 0.355 e. The molecule has 1 fully saturated rings. The van der Waals surface area contributed by atoms with Crippen LogP contribution in [0.15, 0.2) is 71.8 Å². The molecule has 3 aromatic rings. The van der Waals surface area contributed by atoms with E-state index in [2.05, 4.69) is 19.9 Å². The molecular weight excluding hydrogens is 412 g/mol. The Balaban J connectivity index is 1.54. The second kappa shape index (κ2) is 8.77. The molecule has 0 atom stereocenters. The number of aryl methyl sites for hydroxylation is 1. The second-order valence-corrected chi connectivity index (χ2v) is 9.20. The normalized spacial score (nSPS) is 13.8. The van der Waals surface area contributed by atoms with Crippen LogP contribution in [0.3, 0.4) is 0 Å². The van der Waals surface area contributed by atoms with Crippen LogP contribution >= 0.6 is 0 Å². The molecule has 2 N–H and O–H groups in total. The lowest BCUT2D eigenvalue weighted by Crippen LogP contribution is -2.22. The summed E-state index contributed by atoms with van der Waals surface area (Å²) in [6.45, 7) is 3.73. The molecule has 0 bridgehead atoms. The van der Waals surface area contributed by atoms with E-state index in [9.17, 15) is 13.2 Å².